The van der Waals surface area contributed by atoms with Crippen molar-refractivity contribution in [2.45, 2.75) is 25.8 Å². The minimum Gasteiger partial charge on any atom is -0.378 e. The van der Waals surface area contributed by atoms with Gasteiger partial charge in [-0.25, -0.2) is 8.78 Å². The molecule has 0 atom stereocenters. The number of ether oxygens (including phenoxy) is 1. The molecule has 0 radical (unpaired) electrons. The second-order valence-corrected chi connectivity index (χ2v) is 5.66. The van der Waals surface area contributed by atoms with Crippen molar-refractivity contribution < 1.29 is 13.5 Å². The van der Waals surface area contributed by atoms with E-state index in [0.717, 1.165) is 11.3 Å². The topological polar surface area (TPSA) is 38.5 Å². The molecule has 1 aromatic rings. The molecule has 0 spiro atoms. The summed E-state index contributed by atoms with van der Waals surface area (Å²) < 4.78 is 32.2. The third kappa shape index (κ3) is 3.64. The van der Waals surface area contributed by atoms with Gasteiger partial charge in [0.1, 0.15) is 0 Å². The van der Waals surface area contributed by atoms with Gasteiger partial charge in [0.2, 0.25) is 0 Å². The van der Waals surface area contributed by atoms with Crippen molar-refractivity contribution in [3.63, 3.8) is 0 Å². The Morgan fingerprint density at radius 2 is 1.79 bits per heavy atom. The van der Waals surface area contributed by atoms with Gasteiger partial charge in [-0.3, -0.25) is 0 Å². The zero-order chi connectivity index (χ0) is 14.0. The predicted molar refractivity (Wildman–Crippen MR) is 71.4 cm³/mol. The maximum absolute atomic E-state index is 13.5. The second kappa shape index (κ2) is 5.43. The lowest BCUT2D eigenvalue weighted by Crippen LogP contribution is -2.39. The van der Waals surface area contributed by atoms with Crippen LogP contribution < -0.4 is 10.6 Å². The highest BCUT2D eigenvalue weighted by Gasteiger charge is 2.21. The van der Waals surface area contributed by atoms with Gasteiger partial charge < -0.3 is 15.4 Å². The Hall–Kier alpha value is -1.20. The molecule has 0 amide bonds. The predicted octanol–water partition coefficient (Wildman–Crippen LogP) is 2.08. The molecule has 0 unspecified atom stereocenters. The minimum absolute atomic E-state index is 0.467. The lowest BCUT2D eigenvalue weighted by molar-refractivity contribution is 0.122. The first-order chi connectivity index (χ1) is 8.87. The summed E-state index contributed by atoms with van der Waals surface area (Å²) in [4.78, 5) is 2.02. The number of hydrogen-bond donors (Lipinski definition) is 1. The highest BCUT2D eigenvalue weighted by molar-refractivity contribution is 5.55. The van der Waals surface area contributed by atoms with Crippen LogP contribution in [0, 0.1) is 11.6 Å². The number of morpholine rings is 1. The van der Waals surface area contributed by atoms with Crippen molar-refractivity contribution in [3.05, 3.63) is 29.3 Å². The van der Waals surface area contributed by atoms with Crippen LogP contribution in [0.1, 0.15) is 19.4 Å². The molecule has 2 rings (SSSR count). The normalized spacial score (nSPS) is 16.8. The molecule has 19 heavy (non-hydrogen) atoms. The van der Waals surface area contributed by atoms with Gasteiger partial charge in [-0.15, -0.1) is 0 Å². The molecule has 2 N–H and O–H groups in total. The molecule has 3 nitrogen and oxygen atoms in total. The van der Waals surface area contributed by atoms with Crippen molar-refractivity contribution >= 4 is 5.69 Å². The lowest BCUT2D eigenvalue weighted by Gasteiger charge is -2.32. The molecule has 1 heterocycles. The van der Waals surface area contributed by atoms with E-state index in [9.17, 15) is 8.78 Å². The largest absolute Gasteiger partial charge is 0.378 e. The Morgan fingerprint density at radius 3 is 2.37 bits per heavy atom. The summed E-state index contributed by atoms with van der Waals surface area (Å²) in [5.41, 5.74) is 6.99. The summed E-state index contributed by atoms with van der Waals surface area (Å²) in [5, 5.41) is 0. The van der Waals surface area contributed by atoms with Crippen molar-refractivity contribution in [3.8, 4) is 0 Å². The first-order valence-corrected chi connectivity index (χ1v) is 6.46. The number of halogens is 2. The Kier molecular flexibility index (Phi) is 4.06. The number of nitrogens with two attached hydrogens (primary N) is 1. The maximum Gasteiger partial charge on any atom is 0.160 e. The van der Waals surface area contributed by atoms with E-state index in [0.29, 0.717) is 32.7 Å². The monoisotopic (exact) mass is 270 g/mol. The zero-order valence-corrected chi connectivity index (χ0v) is 11.4. The van der Waals surface area contributed by atoms with Gasteiger partial charge in [-0.05, 0) is 31.9 Å². The van der Waals surface area contributed by atoms with Crippen LogP contribution in [0.5, 0.6) is 0 Å². The third-order valence-corrected chi connectivity index (χ3v) is 3.12. The summed E-state index contributed by atoms with van der Waals surface area (Å²) in [5.74, 6) is -1.64. The summed E-state index contributed by atoms with van der Waals surface area (Å²) >= 11 is 0. The molecule has 0 aromatic heterocycles. The maximum atomic E-state index is 13.5. The third-order valence-electron chi connectivity index (χ3n) is 3.12. The van der Waals surface area contributed by atoms with Crippen LogP contribution in [0.25, 0.3) is 0 Å². The van der Waals surface area contributed by atoms with Crippen LogP contribution in [0.15, 0.2) is 12.1 Å². The van der Waals surface area contributed by atoms with Gasteiger partial charge in [-0.2, -0.15) is 0 Å². The molecule has 1 aromatic carbocycles. The first kappa shape index (κ1) is 14.2. The molecule has 5 heteroatoms. The van der Waals surface area contributed by atoms with Crippen LogP contribution in [-0.4, -0.2) is 31.8 Å². The van der Waals surface area contributed by atoms with Crippen LogP contribution in [0.4, 0.5) is 14.5 Å². The van der Waals surface area contributed by atoms with E-state index in [-0.39, 0.29) is 0 Å². The Morgan fingerprint density at radius 1 is 1.21 bits per heavy atom. The summed E-state index contributed by atoms with van der Waals surface area (Å²) in [6.45, 7) is 6.32. The number of nitrogens with zero attached hydrogens (tertiary/aromatic N) is 1. The molecular formula is C14H20F2N2O. The number of rotatable bonds is 3. The van der Waals surface area contributed by atoms with Gasteiger partial charge in [0.05, 0.1) is 13.2 Å². The molecule has 0 aliphatic carbocycles. The van der Waals surface area contributed by atoms with E-state index in [2.05, 4.69) is 0 Å². The number of benzene rings is 1. The van der Waals surface area contributed by atoms with Crippen LogP contribution in [0.2, 0.25) is 0 Å². The highest BCUT2D eigenvalue weighted by atomic mass is 19.2. The molecule has 1 aliphatic heterocycles. The molecular weight excluding hydrogens is 250 g/mol. The van der Waals surface area contributed by atoms with Crippen molar-refractivity contribution in [1.82, 2.24) is 0 Å². The van der Waals surface area contributed by atoms with E-state index in [1.165, 1.54) is 12.1 Å². The molecule has 1 aliphatic rings. The minimum atomic E-state index is -0.823. The summed E-state index contributed by atoms with van der Waals surface area (Å²) in [7, 11) is 0. The Balaban J connectivity index is 2.35. The van der Waals surface area contributed by atoms with Gasteiger partial charge in [0, 0.05) is 30.4 Å². The van der Waals surface area contributed by atoms with E-state index in [1.807, 2.05) is 18.7 Å². The first-order valence-electron chi connectivity index (χ1n) is 6.46. The van der Waals surface area contributed by atoms with Crippen LogP contribution in [-0.2, 0) is 11.2 Å². The van der Waals surface area contributed by atoms with Gasteiger partial charge in [0.25, 0.3) is 0 Å². The average molecular weight is 270 g/mol. The van der Waals surface area contributed by atoms with E-state index < -0.39 is 17.2 Å². The smallest absolute Gasteiger partial charge is 0.160 e. The Labute approximate surface area is 112 Å². The molecule has 1 saturated heterocycles. The van der Waals surface area contributed by atoms with Gasteiger partial charge >= 0.3 is 0 Å². The van der Waals surface area contributed by atoms with Crippen LogP contribution in [0.3, 0.4) is 0 Å². The zero-order valence-electron chi connectivity index (χ0n) is 11.4. The van der Waals surface area contributed by atoms with Crippen molar-refractivity contribution in [2.75, 3.05) is 31.2 Å². The van der Waals surface area contributed by atoms with Crippen molar-refractivity contribution in [1.29, 1.82) is 0 Å². The SMILES string of the molecule is CC(C)(N)Cc1cc(F)c(F)cc1N1CCOCC1. The molecule has 1 fully saturated rings. The summed E-state index contributed by atoms with van der Waals surface area (Å²) in [6, 6.07) is 2.52. The average Bonchev–Trinajstić information content (AvgIpc) is 2.33. The Bertz CT molecular complexity index is 451. The fourth-order valence-electron chi connectivity index (χ4n) is 2.31. The quantitative estimate of drug-likeness (QED) is 0.914. The molecule has 106 valence electrons. The fraction of sp³-hybridized carbons (Fsp3) is 0.571. The highest BCUT2D eigenvalue weighted by Crippen LogP contribution is 2.27. The fourth-order valence-corrected chi connectivity index (χ4v) is 2.31. The second-order valence-electron chi connectivity index (χ2n) is 5.66. The van der Waals surface area contributed by atoms with E-state index in [1.54, 1.807) is 0 Å². The van der Waals surface area contributed by atoms with Crippen LogP contribution >= 0.6 is 0 Å². The van der Waals surface area contributed by atoms with Crippen molar-refractivity contribution in [2.24, 2.45) is 5.73 Å². The van der Waals surface area contributed by atoms with Gasteiger partial charge in [0.15, 0.2) is 11.6 Å². The molecule has 0 saturated carbocycles. The summed E-state index contributed by atoms with van der Waals surface area (Å²) in [6.07, 6.45) is 0.497. The molecule has 0 bridgehead atoms. The van der Waals surface area contributed by atoms with E-state index >= 15 is 0 Å². The number of hydrogen-bond acceptors (Lipinski definition) is 3. The lowest BCUT2D eigenvalue weighted by atomic mass is 9.94. The number of anilines is 1. The van der Waals surface area contributed by atoms with Gasteiger partial charge in [-0.1, -0.05) is 0 Å². The van der Waals surface area contributed by atoms with E-state index in [4.69, 9.17) is 10.5 Å². The standard InChI is InChI=1S/C14H20F2N2O/c1-14(2,17)9-10-7-11(15)12(16)8-13(10)18-3-5-19-6-4-18/h7-8H,3-6,9,17H2,1-2H3.